The van der Waals surface area contributed by atoms with E-state index in [-0.39, 0.29) is 24.4 Å². The van der Waals surface area contributed by atoms with Crippen molar-refractivity contribution < 1.29 is 9.59 Å². The average Bonchev–Trinajstić information content (AvgIpc) is 2.87. The third-order valence-corrected chi connectivity index (χ3v) is 3.17. The van der Waals surface area contributed by atoms with Crippen LogP contribution in [0.3, 0.4) is 0 Å². The van der Waals surface area contributed by atoms with Crippen LogP contribution in [-0.4, -0.2) is 45.4 Å². The second-order valence-electron chi connectivity index (χ2n) is 4.38. The van der Waals surface area contributed by atoms with Gasteiger partial charge in [-0.3, -0.25) is 9.59 Å². The number of carbonyl (C=O) groups excluding carboxylic acids is 2. The Kier molecular flexibility index (Phi) is 3.96. The quantitative estimate of drug-likeness (QED) is 0.800. The summed E-state index contributed by atoms with van der Waals surface area (Å²) in [5.74, 6) is -0.0354. The molecule has 98 valence electrons. The molecule has 1 saturated heterocycles. The molecule has 1 aromatic heterocycles. The Morgan fingerprint density at radius 2 is 2.28 bits per heavy atom. The summed E-state index contributed by atoms with van der Waals surface area (Å²) in [7, 11) is 0. The van der Waals surface area contributed by atoms with Crippen LogP contribution in [0.4, 0.5) is 0 Å². The van der Waals surface area contributed by atoms with Crippen molar-refractivity contribution in [1.82, 2.24) is 19.8 Å². The Morgan fingerprint density at radius 3 is 2.94 bits per heavy atom. The van der Waals surface area contributed by atoms with Crippen molar-refractivity contribution >= 4 is 11.8 Å². The van der Waals surface area contributed by atoms with Gasteiger partial charge in [0.15, 0.2) is 0 Å². The highest BCUT2D eigenvalue weighted by Crippen LogP contribution is 2.10. The average molecular weight is 250 g/mol. The number of carbonyl (C=O) groups is 2. The van der Waals surface area contributed by atoms with Crippen LogP contribution in [-0.2, 0) is 16.1 Å². The SMILES string of the molecule is CCC1C(=O)NCC(=O)N1CCCn1ccnc1. The number of aromatic nitrogens is 2. The standard InChI is InChI=1S/C12H18N4O2/c1-2-10-12(18)14-8-11(17)16(10)6-3-5-15-7-4-13-9-15/h4,7,9-10H,2-3,5-6,8H2,1H3,(H,14,18). The van der Waals surface area contributed by atoms with Gasteiger partial charge in [-0.1, -0.05) is 6.92 Å². The molecule has 2 amide bonds. The van der Waals surface area contributed by atoms with E-state index in [9.17, 15) is 9.59 Å². The number of amides is 2. The number of hydrogen-bond acceptors (Lipinski definition) is 3. The van der Waals surface area contributed by atoms with Gasteiger partial charge in [0.2, 0.25) is 11.8 Å². The highest BCUT2D eigenvalue weighted by Gasteiger charge is 2.32. The van der Waals surface area contributed by atoms with E-state index in [0.717, 1.165) is 13.0 Å². The van der Waals surface area contributed by atoms with E-state index in [1.807, 2.05) is 17.7 Å². The molecule has 1 aromatic rings. The van der Waals surface area contributed by atoms with Crippen molar-refractivity contribution in [2.45, 2.75) is 32.4 Å². The van der Waals surface area contributed by atoms with Gasteiger partial charge in [0, 0.05) is 25.5 Å². The summed E-state index contributed by atoms with van der Waals surface area (Å²) in [6, 6.07) is -0.311. The molecule has 18 heavy (non-hydrogen) atoms. The molecule has 1 unspecified atom stereocenters. The van der Waals surface area contributed by atoms with E-state index >= 15 is 0 Å². The van der Waals surface area contributed by atoms with Crippen molar-refractivity contribution in [1.29, 1.82) is 0 Å². The fraction of sp³-hybridized carbons (Fsp3) is 0.583. The van der Waals surface area contributed by atoms with Gasteiger partial charge in [0.1, 0.15) is 6.04 Å². The van der Waals surface area contributed by atoms with Crippen LogP contribution in [0.15, 0.2) is 18.7 Å². The third-order valence-electron chi connectivity index (χ3n) is 3.17. The highest BCUT2D eigenvalue weighted by atomic mass is 16.2. The lowest BCUT2D eigenvalue weighted by Gasteiger charge is -2.34. The molecule has 0 bridgehead atoms. The normalized spacial score (nSPS) is 20.1. The van der Waals surface area contributed by atoms with Gasteiger partial charge in [0.25, 0.3) is 0 Å². The number of hydrogen-bond donors (Lipinski definition) is 1. The summed E-state index contributed by atoms with van der Waals surface area (Å²) in [6.07, 6.45) is 6.85. The molecule has 0 saturated carbocycles. The second kappa shape index (κ2) is 5.66. The molecule has 0 aliphatic carbocycles. The Hall–Kier alpha value is -1.85. The molecular weight excluding hydrogens is 232 g/mol. The zero-order valence-electron chi connectivity index (χ0n) is 10.5. The molecule has 0 radical (unpaired) electrons. The predicted molar refractivity (Wildman–Crippen MR) is 65.6 cm³/mol. The summed E-state index contributed by atoms with van der Waals surface area (Å²) >= 11 is 0. The molecular formula is C12H18N4O2. The van der Waals surface area contributed by atoms with Crippen molar-refractivity contribution in [3.8, 4) is 0 Å². The van der Waals surface area contributed by atoms with Crippen LogP contribution in [0.1, 0.15) is 19.8 Å². The van der Waals surface area contributed by atoms with Crippen LogP contribution < -0.4 is 5.32 Å². The van der Waals surface area contributed by atoms with E-state index in [1.165, 1.54) is 0 Å². The minimum Gasteiger partial charge on any atom is -0.345 e. The molecule has 6 heteroatoms. The van der Waals surface area contributed by atoms with Crippen molar-refractivity contribution in [3.05, 3.63) is 18.7 Å². The largest absolute Gasteiger partial charge is 0.345 e. The molecule has 1 fully saturated rings. The van der Waals surface area contributed by atoms with E-state index in [0.29, 0.717) is 13.0 Å². The predicted octanol–water partition coefficient (Wildman–Crippen LogP) is 0.0102. The lowest BCUT2D eigenvalue weighted by Crippen LogP contribution is -2.58. The van der Waals surface area contributed by atoms with Gasteiger partial charge in [-0.05, 0) is 12.8 Å². The van der Waals surface area contributed by atoms with Gasteiger partial charge in [-0.25, -0.2) is 4.98 Å². The first-order chi connectivity index (χ1) is 8.72. The van der Waals surface area contributed by atoms with Crippen LogP contribution >= 0.6 is 0 Å². The smallest absolute Gasteiger partial charge is 0.243 e. The zero-order valence-corrected chi connectivity index (χ0v) is 10.5. The molecule has 0 aromatic carbocycles. The summed E-state index contributed by atoms with van der Waals surface area (Å²) in [4.78, 5) is 29.1. The van der Waals surface area contributed by atoms with Crippen LogP contribution in [0.2, 0.25) is 0 Å². The van der Waals surface area contributed by atoms with Gasteiger partial charge < -0.3 is 14.8 Å². The minimum absolute atomic E-state index is 0.00656. The lowest BCUT2D eigenvalue weighted by molar-refractivity contribution is -0.145. The van der Waals surface area contributed by atoms with Crippen LogP contribution in [0.5, 0.6) is 0 Å². The summed E-state index contributed by atoms with van der Waals surface area (Å²) in [5.41, 5.74) is 0. The maximum Gasteiger partial charge on any atom is 0.243 e. The molecule has 6 nitrogen and oxygen atoms in total. The molecule has 1 N–H and O–H groups in total. The molecule has 1 aliphatic heterocycles. The van der Waals surface area contributed by atoms with Gasteiger partial charge >= 0.3 is 0 Å². The van der Waals surface area contributed by atoms with Crippen molar-refractivity contribution in [3.63, 3.8) is 0 Å². The lowest BCUT2D eigenvalue weighted by atomic mass is 10.1. The number of nitrogens with zero attached hydrogens (tertiary/aromatic N) is 3. The van der Waals surface area contributed by atoms with Crippen LogP contribution in [0, 0.1) is 0 Å². The van der Waals surface area contributed by atoms with E-state index < -0.39 is 0 Å². The van der Waals surface area contributed by atoms with E-state index in [1.54, 1.807) is 17.4 Å². The number of rotatable bonds is 5. The Balaban J connectivity index is 1.89. The van der Waals surface area contributed by atoms with Gasteiger partial charge in [-0.15, -0.1) is 0 Å². The molecule has 1 aliphatic rings. The topological polar surface area (TPSA) is 67.2 Å². The number of nitrogens with one attached hydrogen (secondary N) is 1. The van der Waals surface area contributed by atoms with Crippen molar-refractivity contribution in [2.75, 3.05) is 13.1 Å². The summed E-state index contributed by atoms with van der Waals surface area (Å²) in [5, 5.41) is 2.62. The molecule has 1 atom stereocenters. The van der Waals surface area contributed by atoms with E-state index in [2.05, 4.69) is 10.3 Å². The molecule has 2 heterocycles. The maximum absolute atomic E-state index is 11.8. The minimum atomic E-state index is -0.311. The number of aryl methyl sites for hydroxylation is 1. The Labute approximate surface area is 106 Å². The van der Waals surface area contributed by atoms with Crippen molar-refractivity contribution in [2.24, 2.45) is 0 Å². The highest BCUT2D eigenvalue weighted by molar-refractivity contribution is 5.94. The monoisotopic (exact) mass is 250 g/mol. The second-order valence-corrected chi connectivity index (χ2v) is 4.38. The fourth-order valence-corrected chi connectivity index (χ4v) is 2.23. The first-order valence-corrected chi connectivity index (χ1v) is 6.25. The Morgan fingerprint density at radius 1 is 1.44 bits per heavy atom. The van der Waals surface area contributed by atoms with E-state index in [4.69, 9.17) is 0 Å². The maximum atomic E-state index is 11.8. The zero-order chi connectivity index (χ0) is 13.0. The Bertz CT molecular complexity index is 416. The first kappa shape index (κ1) is 12.6. The van der Waals surface area contributed by atoms with Crippen LogP contribution in [0.25, 0.3) is 0 Å². The first-order valence-electron chi connectivity index (χ1n) is 6.25. The summed E-state index contributed by atoms with van der Waals surface area (Å²) < 4.78 is 1.97. The third kappa shape index (κ3) is 2.69. The van der Waals surface area contributed by atoms with Gasteiger partial charge in [-0.2, -0.15) is 0 Å². The molecule has 0 spiro atoms. The van der Waals surface area contributed by atoms with Gasteiger partial charge in [0.05, 0.1) is 12.9 Å². The summed E-state index contributed by atoms with van der Waals surface area (Å²) in [6.45, 7) is 3.47. The number of imidazole rings is 1. The fourth-order valence-electron chi connectivity index (χ4n) is 2.23. The molecule has 2 rings (SSSR count). The number of piperazine rings is 1.